The molecule has 0 amide bonds. The Bertz CT molecular complexity index is 619. The van der Waals surface area contributed by atoms with Gasteiger partial charge in [-0.2, -0.15) is 0 Å². The summed E-state index contributed by atoms with van der Waals surface area (Å²) in [5.41, 5.74) is 2.27. The van der Waals surface area contributed by atoms with E-state index >= 15 is 0 Å². The molecular weight excluding hydrogens is 312 g/mol. The Balaban J connectivity index is 1.66. The van der Waals surface area contributed by atoms with Gasteiger partial charge in [0.1, 0.15) is 0 Å². The molecule has 0 radical (unpaired) electrons. The monoisotopic (exact) mass is 346 g/mol. The van der Waals surface area contributed by atoms with Gasteiger partial charge in [-0.1, -0.05) is 25.0 Å². The third-order valence-corrected chi connectivity index (χ3v) is 8.60. The number of ether oxygens (including phenoxy) is 1. The van der Waals surface area contributed by atoms with E-state index in [1.807, 2.05) is 0 Å². The van der Waals surface area contributed by atoms with E-state index in [9.17, 15) is 10.2 Å². The SMILES string of the molecule is COC1=CCC2=C(C1)[C@@H](C)C[C@@H]1[C@@H]2CC[C@@]2(C)[C@H]1CC[C@]2(O)C(C)O. The average molecular weight is 347 g/mol. The lowest BCUT2D eigenvalue weighted by molar-refractivity contribution is -0.162. The molecule has 3 heteroatoms. The van der Waals surface area contributed by atoms with Crippen LogP contribution in [0.1, 0.15) is 65.7 Å². The van der Waals surface area contributed by atoms with Crippen molar-refractivity contribution < 1.29 is 14.9 Å². The predicted octanol–water partition coefficient (Wildman–Crippen LogP) is 4.20. The molecule has 0 aliphatic heterocycles. The van der Waals surface area contributed by atoms with Gasteiger partial charge >= 0.3 is 0 Å². The second kappa shape index (κ2) is 5.85. The van der Waals surface area contributed by atoms with E-state index in [0.717, 1.165) is 44.3 Å². The smallest absolute Gasteiger partial charge is 0.0959 e. The summed E-state index contributed by atoms with van der Waals surface area (Å²) in [6, 6.07) is 0. The fraction of sp³-hybridized carbons (Fsp3) is 0.818. The molecule has 1 unspecified atom stereocenters. The van der Waals surface area contributed by atoms with Crippen LogP contribution in [0.4, 0.5) is 0 Å². The van der Waals surface area contributed by atoms with Crippen LogP contribution in [0, 0.1) is 29.1 Å². The van der Waals surface area contributed by atoms with E-state index in [1.165, 1.54) is 6.42 Å². The Morgan fingerprint density at radius 2 is 2.00 bits per heavy atom. The number of rotatable bonds is 2. The van der Waals surface area contributed by atoms with Crippen LogP contribution >= 0.6 is 0 Å². The van der Waals surface area contributed by atoms with Crippen LogP contribution in [-0.2, 0) is 4.74 Å². The molecule has 4 aliphatic rings. The normalized spacial score (nSPS) is 47.5. The second-order valence-electron chi connectivity index (χ2n) is 9.41. The third kappa shape index (κ3) is 2.31. The maximum atomic E-state index is 11.3. The molecule has 0 bridgehead atoms. The second-order valence-corrected chi connectivity index (χ2v) is 9.41. The molecule has 4 rings (SSSR count). The Morgan fingerprint density at radius 3 is 2.68 bits per heavy atom. The van der Waals surface area contributed by atoms with Crippen molar-refractivity contribution in [3.05, 3.63) is 23.0 Å². The fourth-order valence-corrected chi connectivity index (χ4v) is 7.10. The number of allylic oxidation sites excluding steroid dienone is 3. The molecule has 2 saturated carbocycles. The number of fused-ring (bicyclic) bond motifs is 4. The maximum Gasteiger partial charge on any atom is 0.0959 e. The molecular formula is C22H34O3. The molecule has 4 aliphatic carbocycles. The van der Waals surface area contributed by atoms with Crippen molar-refractivity contribution in [1.29, 1.82) is 0 Å². The predicted molar refractivity (Wildman–Crippen MR) is 98.8 cm³/mol. The third-order valence-electron chi connectivity index (χ3n) is 8.60. The molecule has 140 valence electrons. The minimum atomic E-state index is -0.907. The first kappa shape index (κ1) is 17.6. The maximum absolute atomic E-state index is 11.3. The summed E-state index contributed by atoms with van der Waals surface area (Å²) in [6.45, 7) is 6.42. The number of aliphatic hydroxyl groups is 2. The summed E-state index contributed by atoms with van der Waals surface area (Å²) in [5, 5.41) is 21.6. The van der Waals surface area contributed by atoms with E-state index in [2.05, 4.69) is 19.9 Å². The standard InChI is InChI=1S/C22H34O3/c1-13-11-19-17(16-6-5-15(25-4)12-18(13)16)7-9-21(3)20(19)8-10-22(21,24)14(2)23/h5,13-14,17,19-20,23-24H,6-12H2,1-4H3/t13-,14?,17+,19+,20-,21-,22-/m0/s1. The number of hydrogen-bond acceptors (Lipinski definition) is 3. The van der Waals surface area contributed by atoms with Gasteiger partial charge < -0.3 is 14.9 Å². The molecule has 2 fully saturated rings. The Hall–Kier alpha value is -0.800. The number of hydrogen-bond donors (Lipinski definition) is 2. The lowest BCUT2D eigenvalue weighted by Gasteiger charge is -2.55. The van der Waals surface area contributed by atoms with Crippen LogP contribution in [-0.4, -0.2) is 29.0 Å². The quantitative estimate of drug-likeness (QED) is 0.737. The minimum absolute atomic E-state index is 0.137. The zero-order valence-corrected chi connectivity index (χ0v) is 16.2. The van der Waals surface area contributed by atoms with Gasteiger partial charge in [-0.15, -0.1) is 0 Å². The van der Waals surface area contributed by atoms with E-state index in [0.29, 0.717) is 23.7 Å². The molecule has 3 nitrogen and oxygen atoms in total. The molecule has 0 aromatic heterocycles. The summed E-state index contributed by atoms with van der Waals surface area (Å²) in [5.74, 6) is 3.62. The zero-order valence-electron chi connectivity index (χ0n) is 16.2. The van der Waals surface area contributed by atoms with Gasteiger partial charge in [0.15, 0.2) is 0 Å². The first-order chi connectivity index (χ1) is 11.8. The van der Waals surface area contributed by atoms with Crippen molar-refractivity contribution in [2.45, 2.75) is 77.4 Å². The van der Waals surface area contributed by atoms with Gasteiger partial charge in [-0.3, -0.25) is 0 Å². The van der Waals surface area contributed by atoms with Crippen LogP contribution in [0.15, 0.2) is 23.0 Å². The van der Waals surface area contributed by atoms with Gasteiger partial charge in [0, 0.05) is 11.8 Å². The minimum Gasteiger partial charge on any atom is -0.501 e. The van der Waals surface area contributed by atoms with Crippen LogP contribution < -0.4 is 0 Å². The lowest BCUT2D eigenvalue weighted by Crippen LogP contribution is -2.56. The average Bonchev–Trinajstić information content (AvgIpc) is 2.88. The summed E-state index contributed by atoms with van der Waals surface area (Å²) in [6.07, 6.45) is 8.93. The van der Waals surface area contributed by atoms with Crippen molar-refractivity contribution in [3.8, 4) is 0 Å². The largest absolute Gasteiger partial charge is 0.501 e. The number of aliphatic hydroxyl groups excluding tert-OH is 1. The Kier molecular flexibility index (Phi) is 4.12. The highest BCUT2D eigenvalue weighted by molar-refractivity contribution is 5.34. The van der Waals surface area contributed by atoms with Crippen LogP contribution in [0.25, 0.3) is 0 Å². The molecule has 25 heavy (non-hydrogen) atoms. The topological polar surface area (TPSA) is 49.7 Å². The molecule has 0 saturated heterocycles. The first-order valence-corrected chi connectivity index (χ1v) is 10.2. The lowest BCUT2D eigenvalue weighted by atomic mass is 9.51. The van der Waals surface area contributed by atoms with Gasteiger partial charge in [-0.05, 0) is 75.2 Å². The highest BCUT2D eigenvalue weighted by Crippen LogP contribution is 2.65. The van der Waals surface area contributed by atoms with Gasteiger partial charge in [0.05, 0.1) is 24.6 Å². The van der Waals surface area contributed by atoms with Gasteiger partial charge in [-0.25, -0.2) is 0 Å². The Morgan fingerprint density at radius 1 is 1.24 bits per heavy atom. The summed E-state index contributed by atoms with van der Waals surface area (Å²) in [4.78, 5) is 0. The highest BCUT2D eigenvalue weighted by Gasteiger charge is 2.63. The van der Waals surface area contributed by atoms with E-state index in [4.69, 9.17) is 4.74 Å². The molecule has 0 aromatic carbocycles. The molecule has 7 atom stereocenters. The van der Waals surface area contributed by atoms with Crippen molar-refractivity contribution in [1.82, 2.24) is 0 Å². The number of methoxy groups -OCH3 is 1. The van der Waals surface area contributed by atoms with Crippen LogP contribution in [0.3, 0.4) is 0 Å². The fourth-order valence-electron chi connectivity index (χ4n) is 7.10. The highest BCUT2D eigenvalue weighted by atomic mass is 16.5. The van der Waals surface area contributed by atoms with Crippen molar-refractivity contribution in [2.24, 2.45) is 29.1 Å². The van der Waals surface area contributed by atoms with E-state index in [-0.39, 0.29) is 5.41 Å². The zero-order chi connectivity index (χ0) is 18.0. The summed E-state index contributed by atoms with van der Waals surface area (Å²) in [7, 11) is 1.79. The Labute approximate surface area is 152 Å². The first-order valence-electron chi connectivity index (χ1n) is 10.2. The van der Waals surface area contributed by atoms with E-state index in [1.54, 1.807) is 25.2 Å². The van der Waals surface area contributed by atoms with Crippen molar-refractivity contribution in [3.63, 3.8) is 0 Å². The van der Waals surface area contributed by atoms with Crippen LogP contribution in [0.2, 0.25) is 0 Å². The van der Waals surface area contributed by atoms with E-state index < -0.39 is 11.7 Å². The van der Waals surface area contributed by atoms with Crippen LogP contribution in [0.5, 0.6) is 0 Å². The molecule has 0 aromatic rings. The van der Waals surface area contributed by atoms with Gasteiger partial charge in [0.25, 0.3) is 0 Å². The van der Waals surface area contributed by atoms with Gasteiger partial charge in [0.2, 0.25) is 0 Å². The van der Waals surface area contributed by atoms with Crippen molar-refractivity contribution in [2.75, 3.05) is 7.11 Å². The summed E-state index contributed by atoms with van der Waals surface area (Å²) >= 11 is 0. The molecule has 2 N–H and O–H groups in total. The summed E-state index contributed by atoms with van der Waals surface area (Å²) < 4.78 is 5.53. The molecule has 0 heterocycles. The molecule has 0 spiro atoms. The van der Waals surface area contributed by atoms with Crippen molar-refractivity contribution >= 4 is 0 Å².